The monoisotopic (exact) mass is 349 g/mol. The van der Waals surface area contributed by atoms with Gasteiger partial charge in [-0.1, -0.05) is 39.0 Å². The van der Waals surface area contributed by atoms with Crippen molar-refractivity contribution in [3.63, 3.8) is 0 Å². The van der Waals surface area contributed by atoms with Gasteiger partial charge in [0.05, 0.1) is 6.42 Å². The van der Waals surface area contributed by atoms with Crippen molar-refractivity contribution in [1.82, 2.24) is 10.3 Å². The van der Waals surface area contributed by atoms with Gasteiger partial charge in [0.2, 0.25) is 5.91 Å². The maximum atomic E-state index is 12.5. The number of amides is 1. The van der Waals surface area contributed by atoms with Crippen molar-refractivity contribution in [3.8, 4) is 0 Å². The largest absolute Gasteiger partial charge is 0.361 e. The minimum atomic E-state index is 0.0857. The zero-order valence-corrected chi connectivity index (χ0v) is 16.0. The molecule has 1 amide bonds. The minimum Gasteiger partial charge on any atom is -0.361 e. The van der Waals surface area contributed by atoms with Crippen LogP contribution in [0, 0.1) is 24.2 Å². The van der Waals surface area contributed by atoms with Crippen LogP contribution in [0.2, 0.25) is 0 Å². The number of rotatable bonds is 5. The number of benzene rings is 1. The fourth-order valence-electron chi connectivity index (χ4n) is 4.87. The van der Waals surface area contributed by atoms with Gasteiger partial charge in [-0.05, 0) is 66.2 Å². The zero-order chi connectivity index (χ0) is 18.3. The van der Waals surface area contributed by atoms with Crippen LogP contribution in [-0.4, -0.2) is 16.9 Å². The molecule has 0 fully saturated rings. The number of hydrogen-bond acceptors (Lipinski definition) is 1. The van der Waals surface area contributed by atoms with Crippen molar-refractivity contribution in [2.75, 3.05) is 0 Å². The van der Waals surface area contributed by atoms with Gasteiger partial charge in [0.15, 0.2) is 0 Å². The molecule has 1 aromatic heterocycles. The van der Waals surface area contributed by atoms with Crippen molar-refractivity contribution >= 4 is 22.4 Å². The summed E-state index contributed by atoms with van der Waals surface area (Å²) in [5, 5.41) is 4.53. The molecule has 0 aliphatic heterocycles. The van der Waals surface area contributed by atoms with Crippen LogP contribution in [-0.2, 0) is 11.2 Å². The van der Waals surface area contributed by atoms with Crippen LogP contribution in [0.4, 0.5) is 0 Å². The number of hydrogen-bond donors (Lipinski definition) is 2. The second-order valence-corrected chi connectivity index (χ2v) is 8.04. The molecule has 0 saturated heterocycles. The lowest BCUT2D eigenvalue weighted by molar-refractivity contribution is -0.119. The Kier molecular flexibility index (Phi) is 4.64. The molecule has 1 aromatic carbocycles. The smallest absolute Gasteiger partial charge is 0.224 e. The van der Waals surface area contributed by atoms with Crippen molar-refractivity contribution in [2.24, 2.45) is 17.8 Å². The SMILES string of the molecule is CCC(CC)NC(=O)[CH][C@@H]1C=C2c3cccc4[nH]cc(c34)C[C@H]2C(C)C1. The Balaban J connectivity index is 1.61. The number of carbonyl (C=O) groups is 1. The van der Waals surface area contributed by atoms with E-state index in [1.54, 1.807) is 0 Å². The Labute approximate surface area is 156 Å². The van der Waals surface area contributed by atoms with Gasteiger partial charge in [-0.15, -0.1) is 0 Å². The Hall–Kier alpha value is -2.03. The lowest BCUT2D eigenvalue weighted by Gasteiger charge is -2.37. The summed E-state index contributed by atoms with van der Waals surface area (Å²) < 4.78 is 0. The topological polar surface area (TPSA) is 44.9 Å². The predicted octanol–water partition coefficient (Wildman–Crippen LogP) is 4.89. The van der Waals surface area contributed by atoms with Crippen molar-refractivity contribution in [3.05, 3.63) is 48.0 Å². The van der Waals surface area contributed by atoms with Gasteiger partial charge in [0.25, 0.3) is 0 Å². The Morgan fingerprint density at radius 2 is 2.15 bits per heavy atom. The molecule has 2 aromatic rings. The summed E-state index contributed by atoms with van der Waals surface area (Å²) in [5.41, 5.74) is 5.47. The fraction of sp³-hybridized carbons (Fsp3) is 0.478. The number of fused-ring (bicyclic) bond motifs is 2. The molecule has 2 aliphatic carbocycles. The van der Waals surface area contributed by atoms with Crippen molar-refractivity contribution in [1.29, 1.82) is 0 Å². The van der Waals surface area contributed by atoms with Crippen LogP contribution < -0.4 is 5.32 Å². The van der Waals surface area contributed by atoms with E-state index in [1.165, 1.54) is 27.6 Å². The van der Waals surface area contributed by atoms with Crippen LogP contribution in [0.15, 0.2) is 30.5 Å². The van der Waals surface area contributed by atoms with Gasteiger partial charge in [-0.2, -0.15) is 0 Å². The molecule has 0 saturated carbocycles. The van der Waals surface area contributed by atoms with Crippen LogP contribution in [0.5, 0.6) is 0 Å². The Bertz CT molecular complexity index is 843. The minimum absolute atomic E-state index is 0.0857. The Morgan fingerprint density at radius 1 is 1.35 bits per heavy atom. The van der Waals surface area contributed by atoms with Crippen LogP contribution in [0.25, 0.3) is 16.5 Å². The second-order valence-electron chi connectivity index (χ2n) is 8.04. The molecule has 2 N–H and O–H groups in total. The quantitative estimate of drug-likeness (QED) is 0.793. The highest BCUT2D eigenvalue weighted by molar-refractivity contribution is 5.98. The van der Waals surface area contributed by atoms with E-state index in [4.69, 9.17) is 0 Å². The van der Waals surface area contributed by atoms with Crippen molar-refractivity contribution in [2.45, 2.75) is 52.5 Å². The number of H-pyrrole nitrogens is 1. The molecule has 3 heteroatoms. The average molecular weight is 349 g/mol. The van der Waals surface area contributed by atoms with E-state index < -0.39 is 0 Å². The normalized spacial score (nSPS) is 24.5. The molecule has 26 heavy (non-hydrogen) atoms. The Morgan fingerprint density at radius 3 is 2.92 bits per heavy atom. The van der Waals surface area contributed by atoms with E-state index in [1.807, 2.05) is 6.42 Å². The number of aromatic amines is 1. The molecule has 1 unspecified atom stereocenters. The highest BCUT2D eigenvalue weighted by Crippen LogP contribution is 2.47. The van der Waals surface area contributed by atoms with Crippen LogP contribution in [0.1, 0.15) is 51.2 Å². The summed E-state index contributed by atoms with van der Waals surface area (Å²) in [5.74, 6) is 1.45. The third-order valence-electron chi connectivity index (χ3n) is 6.36. The maximum Gasteiger partial charge on any atom is 0.224 e. The molecule has 1 heterocycles. The average Bonchev–Trinajstić information content (AvgIpc) is 3.05. The van der Waals surface area contributed by atoms with Gasteiger partial charge in [-0.3, -0.25) is 4.79 Å². The van der Waals surface area contributed by atoms with Gasteiger partial charge < -0.3 is 10.3 Å². The summed E-state index contributed by atoms with van der Waals surface area (Å²) in [6.07, 6.45) is 10.6. The summed E-state index contributed by atoms with van der Waals surface area (Å²) in [6.45, 7) is 6.59. The molecule has 3 nitrogen and oxygen atoms in total. The highest BCUT2D eigenvalue weighted by atomic mass is 16.1. The van der Waals surface area contributed by atoms with E-state index in [9.17, 15) is 4.79 Å². The first-order valence-electron chi connectivity index (χ1n) is 10.1. The molecule has 1 radical (unpaired) electrons. The van der Waals surface area contributed by atoms with E-state index in [0.29, 0.717) is 11.8 Å². The van der Waals surface area contributed by atoms with Gasteiger partial charge in [-0.25, -0.2) is 0 Å². The lowest BCUT2D eigenvalue weighted by atomic mass is 9.67. The van der Waals surface area contributed by atoms with Gasteiger partial charge >= 0.3 is 0 Å². The molecule has 0 spiro atoms. The summed E-state index contributed by atoms with van der Waals surface area (Å²) in [4.78, 5) is 15.9. The predicted molar refractivity (Wildman–Crippen MR) is 108 cm³/mol. The van der Waals surface area contributed by atoms with E-state index >= 15 is 0 Å². The third kappa shape index (κ3) is 2.98. The molecule has 0 bridgehead atoms. The first-order chi connectivity index (χ1) is 12.6. The summed E-state index contributed by atoms with van der Waals surface area (Å²) in [7, 11) is 0. The molecule has 2 aliphatic rings. The molecule has 4 rings (SSSR count). The second kappa shape index (κ2) is 6.94. The van der Waals surface area contributed by atoms with Crippen molar-refractivity contribution < 1.29 is 4.79 Å². The first-order valence-corrected chi connectivity index (χ1v) is 10.1. The van der Waals surface area contributed by atoms with E-state index in [0.717, 1.165) is 25.7 Å². The summed E-state index contributed by atoms with van der Waals surface area (Å²) >= 11 is 0. The van der Waals surface area contributed by atoms with Crippen LogP contribution in [0.3, 0.4) is 0 Å². The maximum absolute atomic E-state index is 12.5. The number of carbonyl (C=O) groups excluding carboxylic acids is 1. The molecule has 137 valence electrons. The van der Waals surface area contributed by atoms with Crippen LogP contribution >= 0.6 is 0 Å². The van der Waals surface area contributed by atoms with E-state index in [2.05, 4.69) is 61.5 Å². The standard InChI is InChI=1S/C23H29N2O/c1-4-17(5-2)25-22(26)11-15-9-14(3)19-12-16-13-24-21-8-6-7-18(23(16)21)20(19)10-15/h6-8,10-11,13-15,17,19,24H,4-5,9,12H2,1-3H3,(H,25,26)/t14?,15-,19-/m0/s1. The lowest BCUT2D eigenvalue weighted by Crippen LogP contribution is -2.36. The van der Waals surface area contributed by atoms with E-state index in [-0.39, 0.29) is 17.9 Å². The molecular formula is C23H29N2O. The van der Waals surface area contributed by atoms with Gasteiger partial charge in [0, 0.05) is 23.1 Å². The number of nitrogens with one attached hydrogen (secondary N) is 2. The molecule has 3 atom stereocenters. The number of allylic oxidation sites excluding steroid dienone is 2. The fourth-order valence-corrected chi connectivity index (χ4v) is 4.87. The highest BCUT2D eigenvalue weighted by Gasteiger charge is 2.35. The third-order valence-corrected chi connectivity index (χ3v) is 6.36. The summed E-state index contributed by atoms with van der Waals surface area (Å²) in [6, 6.07) is 6.82. The first kappa shape index (κ1) is 17.4. The number of aromatic nitrogens is 1. The molecular weight excluding hydrogens is 320 g/mol. The zero-order valence-electron chi connectivity index (χ0n) is 16.0. The van der Waals surface area contributed by atoms with Gasteiger partial charge in [0.1, 0.15) is 0 Å².